The Morgan fingerprint density at radius 1 is 0.933 bits per heavy atom. The molecule has 0 aliphatic rings. The summed E-state index contributed by atoms with van der Waals surface area (Å²) < 4.78 is 10.7. The minimum atomic E-state index is -4.14. The first kappa shape index (κ1) is 28.8. The van der Waals surface area contributed by atoms with Crippen molar-refractivity contribution in [2.24, 2.45) is 5.92 Å². The molecule has 0 radical (unpaired) electrons. The Hall–Kier alpha value is -1.20. The molecule has 0 aliphatic heterocycles. The lowest BCUT2D eigenvalue weighted by Gasteiger charge is -2.11. The van der Waals surface area contributed by atoms with Crippen molar-refractivity contribution in [2.45, 2.75) is 86.0 Å². The zero-order valence-electron chi connectivity index (χ0n) is 19.4. The molecule has 0 aromatic carbocycles. The van der Waals surface area contributed by atoms with Gasteiger partial charge < -0.3 is 9.79 Å². The number of carbonyl (C=O) groups is 1. The molecule has 0 aromatic rings. The molecule has 0 spiro atoms. The molecular weight excluding hydrogens is 401 g/mol. The predicted octanol–water partition coefficient (Wildman–Crippen LogP) is 5.83. The van der Waals surface area contributed by atoms with Crippen molar-refractivity contribution >= 4 is 13.5 Å². The number of carbonyl (C=O) groups excluding carboxylic acids is 1. The van der Waals surface area contributed by atoms with Crippen molar-refractivity contribution in [1.29, 1.82) is 0 Å². The highest BCUT2D eigenvalue weighted by Gasteiger charge is 2.15. The molecule has 174 valence electrons. The van der Waals surface area contributed by atoms with Gasteiger partial charge in [0.25, 0.3) is 0 Å². The first-order valence-electron chi connectivity index (χ1n) is 10.9. The summed E-state index contributed by atoms with van der Waals surface area (Å²) in [4.78, 5) is 34.0. The first-order chi connectivity index (χ1) is 14.0. The molecule has 30 heavy (non-hydrogen) atoms. The van der Waals surface area contributed by atoms with E-state index in [-0.39, 0.29) is 6.42 Å². The average molecular weight is 444 g/mol. The minimum Gasteiger partial charge on any atom is -0.324 e. The molecule has 1 atom stereocenters. The van der Waals surface area contributed by atoms with Gasteiger partial charge in [0.1, 0.15) is 0 Å². The molecule has 1 amide bonds. The molecule has 0 fully saturated rings. The van der Waals surface area contributed by atoms with Crippen molar-refractivity contribution in [1.82, 2.24) is 5.48 Å². The lowest BCUT2D eigenvalue weighted by atomic mass is 10.0. The second-order valence-corrected chi connectivity index (χ2v) is 10.2. The maximum absolute atomic E-state index is 11.4. The van der Waals surface area contributed by atoms with E-state index in [1.54, 1.807) is 0 Å². The van der Waals surface area contributed by atoms with E-state index in [2.05, 4.69) is 58.3 Å². The molecule has 0 rings (SSSR count). The fourth-order valence-corrected chi connectivity index (χ4v) is 3.28. The second-order valence-electron chi connectivity index (χ2n) is 8.44. The van der Waals surface area contributed by atoms with Crippen molar-refractivity contribution in [3.8, 4) is 0 Å². The van der Waals surface area contributed by atoms with Gasteiger partial charge in [0.2, 0.25) is 5.91 Å². The highest BCUT2D eigenvalue weighted by Crippen LogP contribution is 2.34. The second kappa shape index (κ2) is 16.5. The van der Waals surface area contributed by atoms with E-state index < -0.39 is 19.7 Å². The molecule has 0 saturated heterocycles. The third-order valence-corrected chi connectivity index (χ3v) is 5.61. The standard InChI is InChI=1S/C23H42NO5P/c1-19(2)9-6-10-20(3)11-7-12-21(4)13-8-14-22(5)15-17-29-24-23(25)16-18-30(26,27)28/h9,11,13,22H,6-8,10,12,14-18H2,1-5H3,(H,24,25)(H2,26,27,28)/b20-11+,21-13+. The van der Waals surface area contributed by atoms with Crippen LogP contribution in [0.5, 0.6) is 0 Å². The maximum Gasteiger partial charge on any atom is 0.326 e. The van der Waals surface area contributed by atoms with Crippen LogP contribution in [0.2, 0.25) is 0 Å². The van der Waals surface area contributed by atoms with Gasteiger partial charge in [0, 0.05) is 6.42 Å². The van der Waals surface area contributed by atoms with Gasteiger partial charge in [0.05, 0.1) is 12.8 Å². The van der Waals surface area contributed by atoms with Crippen LogP contribution in [0.1, 0.15) is 86.0 Å². The zero-order chi connectivity index (χ0) is 23.0. The van der Waals surface area contributed by atoms with Crippen molar-refractivity contribution in [3.05, 3.63) is 34.9 Å². The SMILES string of the molecule is CC(C)=CCC/C(C)=C/CC/C(C)=C/CCC(C)CCONC(=O)CCP(=O)(O)O. The van der Waals surface area contributed by atoms with Crippen LogP contribution in [0, 0.1) is 5.92 Å². The Balaban J connectivity index is 3.86. The summed E-state index contributed by atoms with van der Waals surface area (Å²) in [6.45, 7) is 11.2. The summed E-state index contributed by atoms with van der Waals surface area (Å²) in [6, 6.07) is 0. The first-order valence-corrected chi connectivity index (χ1v) is 12.7. The minimum absolute atomic E-state index is 0.242. The Kier molecular flexibility index (Phi) is 15.8. The molecule has 0 aliphatic carbocycles. The number of hydrogen-bond donors (Lipinski definition) is 3. The van der Waals surface area contributed by atoms with Gasteiger partial charge in [-0.15, -0.1) is 0 Å². The van der Waals surface area contributed by atoms with E-state index in [1.807, 2.05) is 0 Å². The molecule has 0 heterocycles. The molecule has 6 nitrogen and oxygen atoms in total. The molecule has 0 bridgehead atoms. The van der Waals surface area contributed by atoms with Gasteiger partial charge in [-0.3, -0.25) is 14.2 Å². The molecule has 1 unspecified atom stereocenters. The fraction of sp³-hybridized carbons (Fsp3) is 0.696. The largest absolute Gasteiger partial charge is 0.326 e. The number of nitrogens with one attached hydrogen (secondary N) is 1. The Morgan fingerprint density at radius 2 is 1.50 bits per heavy atom. The van der Waals surface area contributed by atoms with Gasteiger partial charge in [-0.25, -0.2) is 5.48 Å². The lowest BCUT2D eigenvalue weighted by Crippen LogP contribution is -2.25. The van der Waals surface area contributed by atoms with Crippen LogP contribution in [-0.4, -0.2) is 28.5 Å². The van der Waals surface area contributed by atoms with Gasteiger partial charge in [0.15, 0.2) is 0 Å². The van der Waals surface area contributed by atoms with Crippen LogP contribution < -0.4 is 5.48 Å². The maximum atomic E-state index is 11.4. The molecule has 0 saturated carbocycles. The summed E-state index contributed by atoms with van der Waals surface area (Å²) >= 11 is 0. The Labute approximate surface area is 183 Å². The summed E-state index contributed by atoms with van der Waals surface area (Å²) in [5.74, 6) is -0.0379. The number of hydroxylamine groups is 1. The highest BCUT2D eigenvalue weighted by molar-refractivity contribution is 7.51. The number of rotatable bonds is 16. The molecular formula is C23H42NO5P. The smallest absolute Gasteiger partial charge is 0.324 e. The summed E-state index contributed by atoms with van der Waals surface area (Å²) in [5.41, 5.74) is 6.49. The highest BCUT2D eigenvalue weighted by atomic mass is 31.2. The quantitative estimate of drug-likeness (QED) is 0.121. The predicted molar refractivity (Wildman–Crippen MR) is 124 cm³/mol. The van der Waals surface area contributed by atoms with Crippen LogP contribution in [0.4, 0.5) is 0 Å². The summed E-state index contributed by atoms with van der Waals surface area (Å²) in [7, 11) is -4.14. The van der Waals surface area contributed by atoms with E-state index in [9.17, 15) is 9.36 Å². The van der Waals surface area contributed by atoms with Crippen molar-refractivity contribution in [3.63, 3.8) is 0 Å². The van der Waals surface area contributed by atoms with Gasteiger partial charge in [-0.2, -0.15) is 0 Å². The third kappa shape index (κ3) is 20.1. The van der Waals surface area contributed by atoms with Gasteiger partial charge in [-0.05, 0) is 78.6 Å². The molecule has 3 N–H and O–H groups in total. The zero-order valence-corrected chi connectivity index (χ0v) is 20.3. The monoisotopic (exact) mass is 443 g/mol. The normalized spacial score (nSPS) is 13.8. The topological polar surface area (TPSA) is 95.9 Å². The fourth-order valence-electron chi connectivity index (χ4n) is 2.79. The number of amides is 1. The van der Waals surface area contributed by atoms with Crippen LogP contribution in [0.15, 0.2) is 34.9 Å². The van der Waals surface area contributed by atoms with E-state index in [1.165, 1.54) is 16.7 Å². The van der Waals surface area contributed by atoms with Crippen LogP contribution >= 0.6 is 7.60 Å². The van der Waals surface area contributed by atoms with E-state index >= 15 is 0 Å². The number of hydrogen-bond acceptors (Lipinski definition) is 3. The van der Waals surface area contributed by atoms with Gasteiger partial charge >= 0.3 is 7.60 Å². The number of allylic oxidation sites excluding steroid dienone is 6. The molecule has 7 heteroatoms. The van der Waals surface area contributed by atoms with Crippen molar-refractivity contribution in [2.75, 3.05) is 12.8 Å². The van der Waals surface area contributed by atoms with E-state index in [0.29, 0.717) is 12.5 Å². The lowest BCUT2D eigenvalue weighted by molar-refractivity contribution is -0.133. The van der Waals surface area contributed by atoms with E-state index in [4.69, 9.17) is 14.6 Å². The Morgan fingerprint density at radius 3 is 2.07 bits per heavy atom. The van der Waals surface area contributed by atoms with Crippen LogP contribution in [0.3, 0.4) is 0 Å². The van der Waals surface area contributed by atoms with Crippen LogP contribution in [0.25, 0.3) is 0 Å². The van der Waals surface area contributed by atoms with Crippen LogP contribution in [-0.2, 0) is 14.2 Å². The van der Waals surface area contributed by atoms with E-state index in [0.717, 1.165) is 44.9 Å². The molecule has 0 aromatic heterocycles. The summed E-state index contributed by atoms with van der Waals surface area (Å²) in [5, 5.41) is 0. The van der Waals surface area contributed by atoms with Gasteiger partial charge in [-0.1, -0.05) is 41.9 Å². The van der Waals surface area contributed by atoms with Crippen molar-refractivity contribution < 1.29 is 24.0 Å². The third-order valence-electron chi connectivity index (χ3n) is 4.80. The summed E-state index contributed by atoms with van der Waals surface area (Å²) in [6.07, 6.45) is 13.6. The average Bonchev–Trinajstić information content (AvgIpc) is 2.62. The Bertz CT molecular complexity index is 630.